The number of benzene rings is 1. The molecule has 1 unspecified atom stereocenters. The van der Waals surface area contributed by atoms with E-state index in [0.29, 0.717) is 23.6 Å². The lowest BCUT2D eigenvalue weighted by Gasteiger charge is -2.31. The van der Waals surface area contributed by atoms with Crippen LogP contribution in [-0.2, 0) is 0 Å². The van der Waals surface area contributed by atoms with Crippen LogP contribution in [0.3, 0.4) is 0 Å². The summed E-state index contributed by atoms with van der Waals surface area (Å²) in [5, 5.41) is 2.92. The predicted octanol–water partition coefficient (Wildman–Crippen LogP) is 3.48. The SMILES string of the molecule is CCCCCNC(=O)c1ccc(C(=O)N2CCCC(C)C2)cc1. The molecule has 1 aliphatic rings. The average Bonchev–Trinajstić information content (AvgIpc) is 2.58. The van der Waals surface area contributed by atoms with Crippen molar-refractivity contribution in [3.63, 3.8) is 0 Å². The van der Waals surface area contributed by atoms with Gasteiger partial charge in [0.2, 0.25) is 0 Å². The number of carbonyl (C=O) groups is 2. The van der Waals surface area contributed by atoms with Crippen LogP contribution in [0, 0.1) is 5.92 Å². The number of piperidine rings is 1. The van der Waals surface area contributed by atoms with Crippen LogP contribution >= 0.6 is 0 Å². The topological polar surface area (TPSA) is 49.4 Å². The van der Waals surface area contributed by atoms with Crippen molar-refractivity contribution in [3.05, 3.63) is 35.4 Å². The van der Waals surface area contributed by atoms with Crippen LogP contribution in [-0.4, -0.2) is 36.3 Å². The van der Waals surface area contributed by atoms with Crippen molar-refractivity contribution in [1.29, 1.82) is 0 Å². The maximum absolute atomic E-state index is 12.5. The molecule has 2 rings (SSSR count). The Morgan fingerprint density at radius 1 is 1.17 bits per heavy atom. The fourth-order valence-electron chi connectivity index (χ4n) is 3.00. The fraction of sp³-hybridized carbons (Fsp3) is 0.579. The molecule has 0 bridgehead atoms. The molecule has 0 aliphatic carbocycles. The molecule has 1 heterocycles. The van der Waals surface area contributed by atoms with Crippen molar-refractivity contribution in [1.82, 2.24) is 10.2 Å². The van der Waals surface area contributed by atoms with E-state index in [9.17, 15) is 9.59 Å². The number of carbonyl (C=O) groups excluding carboxylic acids is 2. The minimum Gasteiger partial charge on any atom is -0.352 e. The molecule has 1 atom stereocenters. The largest absolute Gasteiger partial charge is 0.352 e. The van der Waals surface area contributed by atoms with E-state index in [2.05, 4.69) is 19.2 Å². The molecule has 0 radical (unpaired) electrons. The Bertz CT molecular complexity index is 525. The standard InChI is InChI=1S/C19H28N2O2/c1-3-4-5-12-20-18(22)16-8-10-17(11-9-16)19(23)21-13-6-7-15(2)14-21/h8-11,15H,3-7,12-14H2,1-2H3,(H,20,22). The third kappa shape index (κ3) is 5.08. The van der Waals surface area contributed by atoms with Gasteiger partial charge in [0.1, 0.15) is 0 Å². The van der Waals surface area contributed by atoms with Gasteiger partial charge in [-0.3, -0.25) is 9.59 Å². The van der Waals surface area contributed by atoms with E-state index >= 15 is 0 Å². The number of hydrogen-bond acceptors (Lipinski definition) is 2. The van der Waals surface area contributed by atoms with Crippen molar-refractivity contribution in [3.8, 4) is 0 Å². The Balaban J connectivity index is 1.90. The molecular formula is C19H28N2O2. The Labute approximate surface area is 139 Å². The molecule has 126 valence electrons. The van der Waals surface area contributed by atoms with E-state index in [4.69, 9.17) is 0 Å². The zero-order valence-electron chi connectivity index (χ0n) is 14.3. The molecule has 4 nitrogen and oxygen atoms in total. The molecule has 1 aromatic carbocycles. The normalized spacial score (nSPS) is 17.8. The third-order valence-electron chi connectivity index (χ3n) is 4.40. The lowest BCUT2D eigenvalue weighted by Crippen LogP contribution is -2.39. The second-order valence-corrected chi connectivity index (χ2v) is 6.54. The van der Waals surface area contributed by atoms with Crippen LogP contribution in [0.25, 0.3) is 0 Å². The maximum atomic E-state index is 12.5. The van der Waals surface area contributed by atoms with Gasteiger partial charge in [0.25, 0.3) is 11.8 Å². The van der Waals surface area contributed by atoms with Gasteiger partial charge in [-0.25, -0.2) is 0 Å². The molecule has 1 N–H and O–H groups in total. The van der Waals surface area contributed by atoms with Crippen LogP contribution in [0.15, 0.2) is 24.3 Å². The van der Waals surface area contributed by atoms with Gasteiger partial charge in [-0.05, 0) is 49.4 Å². The summed E-state index contributed by atoms with van der Waals surface area (Å²) in [6, 6.07) is 7.02. The summed E-state index contributed by atoms with van der Waals surface area (Å²) in [6.45, 7) is 6.70. The summed E-state index contributed by atoms with van der Waals surface area (Å²) in [4.78, 5) is 26.4. The number of nitrogens with one attached hydrogen (secondary N) is 1. The van der Waals surface area contributed by atoms with E-state index in [1.54, 1.807) is 24.3 Å². The van der Waals surface area contributed by atoms with Crippen molar-refractivity contribution >= 4 is 11.8 Å². The Hall–Kier alpha value is -1.84. The van der Waals surface area contributed by atoms with Gasteiger partial charge in [-0.1, -0.05) is 26.7 Å². The van der Waals surface area contributed by atoms with Gasteiger partial charge < -0.3 is 10.2 Å². The molecule has 0 spiro atoms. The number of likely N-dealkylation sites (tertiary alicyclic amines) is 1. The third-order valence-corrected chi connectivity index (χ3v) is 4.40. The highest BCUT2D eigenvalue weighted by molar-refractivity contribution is 5.97. The van der Waals surface area contributed by atoms with E-state index in [1.165, 1.54) is 6.42 Å². The smallest absolute Gasteiger partial charge is 0.253 e. The first-order chi connectivity index (χ1) is 11.1. The molecule has 0 saturated carbocycles. The van der Waals surface area contributed by atoms with Crippen molar-refractivity contribution < 1.29 is 9.59 Å². The summed E-state index contributed by atoms with van der Waals surface area (Å²) >= 11 is 0. The van der Waals surface area contributed by atoms with E-state index in [-0.39, 0.29) is 11.8 Å². The number of amides is 2. The van der Waals surface area contributed by atoms with E-state index < -0.39 is 0 Å². The van der Waals surface area contributed by atoms with Crippen LogP contribution in [0.5, 0.6) is 0 Å². The Kier molecular flexibility index (Phi) is 6.63. The number of hydrogen-bond donors (Lipinski definition) is 1. The maximum Gasteiger partial charge on any atom is 0.253 e. The van der Waals surface area contributed by atoms with Crippen LogP contribution in [0.1, 0.15) is 66.7 Å². The van der Waals surface area contributed by atoms with Crippen molar-refractivity contribution in [2.45, 2.75) is 46.0 Å². The number of unbranched alkanes of at least 4 members (excludes halogenated alkanes) is 2. The predicted molar refractivity (Wildman–Crippen MR) is 92.6 cm³/mol. The van der Waals surface area contributed by atoms with Gasteiger partial charge in [-0.15, -0.1) is 0 Å². The molecular weight excluding hydrogens is 288 g/mol. The van der Waals surface area contributed by atoms with Crippen molar-refractivity contribution in [2.75, 3.05) is 19.6 Å². The van der Waals surface area contributed by atoms with Gasteiger partial charge in [-0.2, -0.15) is 0 Å². The van der Waals surface area contributed by atoms with Crippen LogP contribution in [0.4, 0.5) is 0 Å². The average molecular weight is 316 g/mol. The monoisotopic (exact) mass is 316 g/mol. The molecule has 4 heteroatoms. The minimum atomic E-state index is -0.0632. The fourth-order valence-corrected chi connectivity index (χ4v) is 3.00. The molecule has 1 aromatic rings. The quantitative estimate of drug-likeness (QED) is 0.817. The van der Waals surface area contributed by atoms with Gasteiger partial charge >= 0.3 is 0 Å². The highest BCUT2D eigenvalue weighted by atomic mass is 16.2. The van der Waals surface area contributed by atoms with Crippen molar-refractivity contribution in [2.24, 2.45) is 5.92 Å². The Morgan fingerprint density at radius 3 is 2.52 bits per heavy atom. The second-order valence-electron chi connectivity index (χ2n) is 6.54. The van der Waals surface area contributed by atoms with Gasteiger partial charge in [0, 0.05) is 30.8 Å². The van der Waals surface area contributed by atoms with Gasteiger partial charge in [0.05, 0.1) is 0 Å². The summed E-state index contributed by atoms with van der Waals surface area (Å²) in [7, 11) is 0. The Morgan fingerprint density at radius 2 is 1.87 bits per heavy atom. The lowest BCUT2D eigenvalue weighted by molar-refractivity contribution is 0.0682. The molecule has 23 heavy (non-hydrogen) atoms. The molecule has 1 saturated heterocycles. The summed E-state index contributed by atoms with van der Waals surface area (Å²) in [5.41, 5.74) is 1.28. The summed E-state index contributed by atoms with van der Waals surface area (Å²) in [5.74, 6) is 0.582. The molecule has 2 amide bonds. The zero-order chi connectivity index (χ0) is 16.7. The van der Waals surface area contributed by atoms with Gasteiger partial charge in [0.15, 0.2) is 0 Å². The first kappa shape index (κ1) is 17.5. The number of rotatable bonds is 6. The molecule has 0 aromatic heterocycles. The van der Waals surface area contributed by atoms with E-state index in [1.807, 2.05) is 4.90 Å². The summed E-state index contributed by atoms with van der Waals surface area (Å²) < 4.78 is 0. The zero-order valence-corrected chi connectivity index (χ0v) is 14.3. The first-order valence-electron chi connectivity index (χ1n) is 8.79. The van der Waals surface area contributed by atoms with Crippen LogP contribution < -0.4 is 5.32 Å². The summed E-state index contributed by atoms with van der Waals surface area (Å²) in [6.07, 6.45) is 5.54. The lowest BCUT2D eigenvalue weighted by atomic mass is 9.99. The first-order valence-corrected chi connectivity index (χ1v) is 8.79. The minimum absolute atomic E-state index is 0.0632. The molecule has 1 fully saturated rings. The second kappa shape index (κ2) is 8.70. The van der Waals surface area contributed by atoms with Crippen LogP contribution in [0.2, 0.25) is 0 Å². The highest BCUT2D eigenvalue weighted by Gasteiger charge is 2.22. The number of nitrogens with zero attached hydrogens (tertiary/aromatic N) is 1. The molecule has 1 aliphatic heterocycles. The highest BCUT2D eigenvalue weighted by Crippen LogP contribution is 2.18. The van der Waals surface area contributed by atoms with E-state index in [0.717, 1.165) is 38.8 Å².